The summed E-state index contributed by atoms with van der Waals surface area (Å²) in [4.78, 5) is 34.2. The number of H-pyrrole nitrogens is 1. The molecule has 2 N–H and O–H groups in total. The summed E-state index contributed by atoms with van der Waals surface area (Å²) in [5, 5.41) is 5.08. The summed E-state index contributed by atoms with van der Waals surface area (Å²) in [6.45, 7) is 0. The van der Waals surface area contributed by atoms with Crippen molar-refractivity contribution < 1.29 is 9.21 Å². The Morgan fingerprint density at radius 1 is 1.21 bits per heavy atom. The SMILES string of the molecule is O=C(Nc1nc(-c2ccc3oc(=O)[nH]c3c2)cs1)c1ccncc1. The van der Waals surface area contributed by atoms with E-state index in [4.69, 9.17) is 4.42 Å². The molecule has 0 fully saturated rings. The zero-order valence-corrected chi connectivity index (χ0v) is 13.0. The predicted octanol–water partition coefficient (Wildman–Crippen LogP) is 2.89. The molecule has 0 aliphatic carbocycles. The normalized spacial score (nSPS) is 10.8. The lowest BCUT2D eigenvalue weighted by molar-refractivity contribution is 0.102. The van der Waals surface area contributed by atoms with Crippen molar-refractivity contribution in [3.63, 3.8) is 0 Å². The van der Waals surface area contributed by atoms with E-state index in [1.54, 1.807) is 36.7 Å². The number of amides is 1. The number of hydrogen-bond acceptors (Lipinski definition) is 6. The molecule has 3 heterocycles. The number of carbonyl (C=O) groups excluding carboxylic acids is 1. The molecule has 4 aromatic rings. The molecule has 0 bridgehead atoms. The molecule has 1 amide bonds. The van der Waals surface area contributed by atoms with E-state index >= 15 is 0 Å². The summed E-state index contributed by atoms with van der Waals surface area (Å²) in [6, 6.07) is 8.56. The average Bonchev–Trinajstić information content (AvgIpc) is 3.20. The van der Waals surface area contributed by atoms with E-state index < -0.39 is 5.76 Å². The minimum Gasteiger partial charge on any atom is -0.408 e. The maximum Gasteiger partial charge on any atom is 0.417 e. The van der Waals surface area contributed by atoms with Gasteiger partial charge in [-0.15, -0.1) is 11.3 Å². The zero-order valence-electron chi connectivity index (χ0n) is 12.1. The van der Waals surface area contributed by atoms with Crippen molar-refractivity contribution >= 4 is 33.5 Å². The molecule has 0 spiro atoms. The van der Waals surface area contributed by atoms with E-state index in [0.717, 1.165) is 5.56 Å². The first-order chi connectivity index (χ1) is 11.7. The highest BCUT2D eigenvalue weighted by atomic mass is 32.1. The molecule has 3 aromatic heterocycles. The summed E-state index contributed by atoms with van der Waals surface area (Å²) in [5.41, 5.74) is 3.13. The second kappa shape index (κ2) is 5.74. The second-order valence-electron chi connectivity index (χ2n) is 4.95. The molecule has 0 radical (unpaired) electrons. The number of oxazole rings is 1. The number of anilines is 1. The number of nitrogens with one attached hydrogen (secondary N) is 2. The van der Waals surface area contributed by atoms with E-state index in [2.05, 4.69) is 20.3 Å². The van der Waals surface area contributed by atoms with Crippen LogP contribution in [0.2, 0.25) is 0 Å². The Labute approximate surface area is 139 Å². The Kier molecular flexibility index (Phi) is 3.43. The lowest BCUT2D eigenvalue weighted by Gasteiger charge is -2.00. The van der Waals surface area contributed by atoms with Crippen LogP contribution in [0.25, 0.3) is 22.4 Å². The molecule has 0 atom stereocenters. The van der Waals surface area contributed by atoms with Crippen LogP contribution in [0.15, 0.2) is 57.3 Å². The van der Waals surface area contributed by atoms with Gasteiger partial charge in [0.1, 0.15) is 0 Å². The van der Waals surface area contributed by atoms with Gasteiger partial charge in [0.2, 0.25) is 0 Å². The van der Waals surface area contributed by atoms with E-state index in [1.807, 2.05) is 11.4 Å². The monoisotopic (exact) mass is 338 g/mol. The maximum absolute atomic E-state index is 12.1. The third-order valence-electron chi connectivity index (χ3n) is 3.38. The topological polar surface area (TPSA) is 101 Å². The van der Waals surface area contributed by atoms with Gasteiger partial charge in [-0.3, -0.25) is 20.1 Å². The number of aromatic amines is 1. The van der Waals surface area contributed by atoms with Gasteiger partial charge in [-0.05, 0) is 30.3 Å². The third kappa shape index (κ3) is 2.70. The smallest absolute Gasteiger partial charge is 0.408 e. The Balaban J connectivity index is 1.59. The lowest BCUT2D eigenvalue weighted by Crippen LogP contribution is -2.11. The molecule has 118 valence electrons. The van der Waals surface area contributed by atoms with Crippen molar-refractivity contribution in [1.29, 1.82) is 0 Å². The van der Waals surface area contributed by atoms with Gasteiger partial charge in [0.05, 0.1) is 11.2 Å². The number of pyridine rings is 1. The molecule has 0 aliphatic heterocycles. The number of fused-ring (bicyclic) bond motifs is 1. The second-order valence-corrected chi connectivity index (χ2v) is 5.81. The Morgan fingerprint density at radius 2 is 2.04 bits per heavy atom. The van der Waals surface area contributed by atoms with Crippen LogP contribution < -0.4 is 11.1 Å². The van der Waals surface area contributed by atoms with Crippen LogP contribution in [-0.4, -0.2) is 20.9 Å². The first-order valence-corrected chi connectivity index (χ1v) is 7.87. The highest BCUT2D eigenvalue weighted by molar-refractivity contribution is 7.14. The standard InChI is InChI=1S/C16H10N4O3S/c21-14(9-3-5-17-6-4-9)20-15-18-12(8-24-15)10-1-2-13-11(7-10)19-16(22)23-13/h1-8H,(H,19,22)(H,18,20,21). The maximum atomic E-state index is 12.1. The number of nitrogens with zero attached hydrogens (tertiary/aromatic N) is 2. The molecule has 4 rings (SSSR count). The highest BCUT2D eigenvalue weighted by Crippen LogP contribution is 2.27. The van der Waals surface area contributed by atoms with Crippen LogP contribution in [0.4, 0.5) is 5.13 Å². The van der Waals surface area contributed by atoms with Crippen molar-refractivity contribution in [3.8, 4) is 11.3 Å². The van der Waals surface area contributed by atoms with Gasteiger partial charge < -0.3 is 4.42 Å². The number of hydrogen-bond donors (Lipinski definition) is 2. The van der Waals surface area contributed by atoms with Crippen molar-refractivity contribution in [3.05, 3.63) is 64.2 Å². The fourth-order valence-corrected chi connectivity index (χ4v) is 2.96. The largest absolute Gasteiger partial charge is 0.417 e. The van der Waals surface area contributed by atoms with E-state index in [9.17, 15) is 9.59 Å². The van der Waals surface area contributed by atoms with Crippen LogP contribution in [0.1, 0.15) is 10.4 Å². The van der Waals surface area contributed by atoms with Gasteiger partial charge in [0.15, 0.2) is 10.7 Å². The van der Waals surface area contributed by atoms with Crippen LogP contribution in [0, 0.1) is 0 Å². The van der Waals surface area contributed by atoms with Crippen molar-refractivity contribution in [2.45, 2.75) is 0 Å². The molecular weight excluding hydrogens is 328 g/mol. The average molecular weight is 338 g/mol. The summed E-state index contributed by atoms with van der Waals surface area (Å²) >= 11 is 1.32. The molecule has 0 unspecified atom stereocenters. The van der Waals surface area contributed by atoms with Gasteiger partial charge >= 0.3 is 5.76 Å². The first kappa shape index (κ1) is 14.3. The number of benzene rings is 1. The molecule has 8 heteroatoms. The summed E-state index contributed by atoms with van der Waals surface area (Å²) in [6.07, 6.45) is 3.12. The summed E-state index contributed by atoms with van der Waals surface area (Å²) in [5.74, 6) is -0.737. The fraction of sp³-hybridized carbons (Fsp3) is 0. The Bertz CT molecular complexity index is 1080. The zero-order chi connectivity index (χ0) is 16.5. The molecular formula is C16H10N4O3S. The number of aromatic nitrogens is 3. The Morgan fingerprint density at radius 3 is 2.88 bits per heavy atom. The van der Waals surface area contributed by atoms with Crippen LogP contribution in [0.3, 0.4) is 0 Å². The van der Waals surface area contributed by atoms with Crippen LogP contribution in [-0.2, 0) is 0 Å². The highest BCUT2D eigenvalue weighted by Gasteiger charge is 2.11. The van der Waals surface area contributed by atoms with Gasteiger partial charge in [-0.1, -0.05) is 0 Å². The van der Waals surface area contributed by atoms with E-state index in [-0.39, 0.29) is 5.91 Å². The minimum absolute atomic E-state index is 0.243. The molecule has 0 aliphatic rings. The van der Waals surface area contributed by atoms with Crippen molar-refractivity contribution in [1.82, 2.24) is 15.0 Å². The summed E-state index contributed by atoms with van der Waals surface area (Å²) in [7, 11) is 0. The van der Waals surface area contributed by atoms with E-state index in [0.29, 0.717) is 27.5 Å². The number of thiazole rings is 1. The Hall–Kier alpha value is -3.26. The van der Waals surface area contributed by atoms with Gasteiger partial charge in [-0.2, -0.15) is 0 Å². The third-order valence-corrected chi connectivity index (χ3v) is 4.14. The molecule has 1 aromatic carbocycles. The first-order valence-electron chi connectivity index (χ1n) is 6.99. The van der Waals surface area contributed by atoms with Crippen molar-refractivity contribution in [2.75, 3.05) is 5.32 Å². The predicted molar refractivity (Wildman–Crippen MR) is 90.1 cm³/mol. The summed E-state index contributed by atoms with van der Waals surface area (Å²) < 4.78 is 4.97. The van der Waals surface area contributed by atoms with Crippen LogP contribution >= 0.6 is 11.3 Å². The van der Waals surface area contributed by atoms with Gasteiger partial charge in [0.25, 0.3) is 5.91 Å². The lowest BCUT2D eigenvalue weighted by atomic mass is 10.1. The number of rotatable bonds is 3. The molecule has 7 nitrogen and oxygen atoms in total. The van der Waals surface area contributed by atoms with Gasteiger partial charge in [0, 0.05) is 28.9 Å². The number of carbonyl (C=O) groups is 1. The molecule has 24 heavy (non-hydrogen) atoms. The van der Waals surface area contributed by atoms with E-state index in [1.165, 1.54) is 11.3 Å². The quantitative estimate of drug-likeness (QED) is 0.598. The van der Waals surface area contributed by atoms with Crippen LogP contribution in [0.5, 0.6) is 0 Å². The minimum atomic E-state index is -0.495. The molecule has 0 saturated heterocycles. The van der Waals surface area contributed by atoms with Gasteiger partial charge in [-0.25, -0.2) is 9.78 Å². The fourth-order valence-electron chi connectivity index (χ4n) is 2.25. The van der Waals surface area contributed by atoms with Crippen molar-refractivity contribution in [2.24, 2.45) is 0 Å². The molecule has 0 saturated carbocycles.